The van der Waals surface area contributed by atoms with Gasteiger partial charge in [0.2, 0.25) is 5.95 Å². The summed E-state index contributed by atoms with van der Waals surface area (Å²) >= 11 is 0. The van der Waals surface area contributed by atoms with Gasteiger partial charge in [-0.25, -0.2) is 24.3 Å². The number of fused-ring (bicyclic) bond motifs is 1. The van der Waals surface area contributed by atoms with Gasteiger partial charge in [0.05, 0.1) is 30.3 Å². The van der Waals surface area contributed by atoms with Crippen LogP contribution in [-0.2, 0) is 7.05 Å². The van der Waals surface area contributed by atoms with E-state index < -0.39 is 5.82 Å². The molecule has 4 rings (SSSR count). The molecule has 0 unspecified atom stereocenters. The van der Waals surface area contributed by atoms with Gasteiger partial charge in [-0.15, -0.1) is 0 Å². The third kappa shape index (κ3) is 3.66. The molecule has 0 aliphatic carbocycles. The molecular weight excluding hydrogens is 347 g/mol. The van der Waals surface area contributed by atoms with Gasteiger partial charge in [-0.3, -0.25) is 0 Å². The summed E-state index contributed by atoms with van der Waals surface area (Å²) in [4.78, 5) is 21.4. The van der Waals surface area contributed by atoms with Crippen LogP contribution in [0.5, 0.6) is 0 Å². The molecule has 136 valence electrons. The number of nitrogens with zero attached hydrogens (tertiary/aromatic N) is 6. The van der Waals surface area contributed by atoms with Crippen molar-refractivity contribution in [1.29, 1.82) is 0 Å². The van der Waals surface area contributed by atoms with E-state index in [1.165, 1.54) is 0 Å². The average molecular weight is 364 g/mol. The highest BCUT2D eigenvalue weighted by Gasteiger charge is 2.13. The van der Waals surface area contributed by atoms with Gasteiger partial charge in [-0.05, 0) is 19.1 Å². The van der Waals surface area contributed by atoms with Gasteiger partial charge >= 0.3 is 0 Å². The number of anilines is 3. The zero-order chi connectivity index (χ0) is 18.8. The van der Waals surface area contributed by atoms with E-state index in [0.29, 0.717) is 23.4 Å². The number of rotatable bonds is 5. The first kappa shape index (κ1) is 16.8. The molecule has 2 N–H and O–H groups in total. The van der Waals surface area contributed by atoms with Crippen LogP contribution in [0, 0.1) is 5.82 Å². The summed E-state index contributed by atoms with van der Waals surface area (Å²) in [6.07, 6.45) is 5.84. The van der Waals surface area contributed by atoms with Crippen molar-refractivity contribution in [3.63, 3.8) is 0 Å². The maximum atomic E-state index is 13.0. The molecule has 0 spiro atoms. The van der Waals surface area contributed by atoms with Crippen molar-refractivity contribution >= 4 is 28.5 Å². The second-order valence-electron chi connectivity index (χ2n) is 6.09. The quantitative estimate of drug-likeness (QED) is 0.561. The second kappa shape index (κ2) is 6.94. The molecule has 9 heteroatoms. The summed E-state index contributed by atoms with van der Waals surface area (Å²) in [6, 6.07) is 7.39. The normalized spacial score (nSPS) is 12.1. The van der Waals surface area contributed by atoms with E-state index in [2.05, 4.69) is 35.6 Å². The summed E-state index contributed by atoms with van der Waals surface area (Å²) in [5.41, 5.74) is 0.778. The zero-order valence-corrected chi connectivity index (χ0v) is 14.8. The first-order valence-electron chi connectivity index (χ1n) is 8.34. The van der Waals surface area contributed by atoms with Gasteiger partial charge in [0.1, 0.15) is 17.5 Å². The van der Waals surface area contributed by atoms with Crippen LogP contribution in [0.2, 0.25) is 0 Å². The van der Waals surface area contributed by atoms with Gasteiger partial charge in [-0.2, -0.15) is 4.98 Å². The molecule has 0 aliphatic rings. The fourth-order valence-corrected chi connectivity index (χ4v) is 2.64. The first-order valence-corrected chi connectivity index (χ1v) is 8.34. The number of aryl methyl sites for hydroxylation is 1. The van der Waals surface area contributed by atoms with Crippen LogP contribution in [0.15, 0.2) is 49.2 Å². The zero-order valence-electron chi connectivity index (χ0n) is 14.8. The lowest BCUT2D eigenvalue weighted by Crippen LogP contribution is -2.13. The number of imidazole rings is 1. The minimum atomic E-state index is -0.477. The molecule has 0 saturated heterocycles. The number of hydrogen-bond acceptors (Lipinski definition) is 7. The average Bonchev–Trinajstić information content (AvgIpc) is 3.07. The Morgan fingerprint density at radius 2 is 1.85 bits per heavy atom. The van der Waals surface area contributed by atoms with Crippen LogP contribution in [0.25, 0.3) is 10.9 Å². The predicted octanol–water partition coefficient (Wildman–Crippen LogP) is 3.21. The second-order valence-corrected chi connectivity index (χ2v) is 6.09. The maximum Gasteiger partial charge on any atom is 0.225 e. The van der Waals surface area contributed by atoms with E-state index in [0.717, 1.165) is 23.3 Å². The lowest BCUT2D eigenvalue weighted by Gasteiger charge is -2.14. The third-order valence-electron chi connectivity index (χ3n) is 3.93. The molecule has 0 fully saturated rings. The van der Waals surface area contributed by atoms with Gasteiger partial charge in [0.25, 0.3) is 0 Å². The lowest BCUT2D eigenvalue weighted by atomic mass is 10.2. The van der Waals surface area contributed by atoms with Crippen molar-refractivity contribution < 1.29 is 4.39 Å². The molecule has 0 bridgehead atoms. The van der Waals surface area contributed by atoms with Gasteiger partial charge in [0, 0.05) is 18.6 Å². The highest BCUT2D eigenvalue weighted by atomic mass is 19.1. The highest BCUT2D eigenvalue weighted by Crippen LogP contribution is 2.25. The molecule has 8 nitrogen and oxygen atoms in total. The minimum absolute atomic E-state index is 0.297. The van der Waals surface area contributed by atoms with Crippen LogP contribution in [0.4, 0.5) is 22.0 Å². The summed E-state index contributed by atoms with van der Waals surface area (Å²) in [5.74, 6) is 1.70. The van der Waals surface area contributed by atoms with Crippen LogP contribution in [0.3, 0.4) is 0 Å². The Kier molecular flexibility index (Phi) is 4.33. The van der Waals surface area contributed by atoms with Crippen molar-refractivity contribution in [3.05, 3.63) is 60.8 Å². The molecule has 1 aromatic carbocycles. The Bertz CT molecular complexity index is 1080. The molecule has 0 saturated carbocycles. The lowest BCUT2D eigenvalue weighted by molar-refractivity contribution is 0.604. The van der Waals surface area contributed by atoms with Crippen LogP contribution in [0.1, 0.15) is 18.8 Å². The maximum absolute atomic E-state index is 13.0. The largest absolute Gasteiger partial charge is 0.344 e. The molecule has 0 amide bonds. The van der Waals surface area contributed by atoms with E-state index >= 15 is 0 Å². The summed E-state index contributed by atoms with van der Waals surface area (Å²) in [5, 5.41) is 7.27. The highest BCUT2D eigenvalue weighted by molar-refractivity contribution is 5.91. The van der Waals surface area contributed by atoms with Gasteiger partial charge in [-0.1, -0.05) is 12.1 Å². The summed E-state index contributed by atoms with van der Waals surface area (Å²) in [6.45, 7) is 1.86. The number of nitrogens with one attached hydrogen (secondary N) is 2. The van der Waals surface area contributed by atoms with Crippen molar-refractivity contribution in [1.82, 2.24) is 29.5 Å². The predicted molar refractivity (Wildman–Crippen MR) is 100 cm³/mol. The van der Waals surface area contributed by atoms with Crippen LogP contribution in [-0.4, -0.2) is 29.5 Å². The Balaban J connectivity index is 1.67. The molecular formula is C18H17FN8. The fourth-order valence-electron chi connectivity index (χ4n) is 2.64. The Morgan fingerprint density at radius 3 is 2.59 bits per heavy atom. The topological polar surface area (TPSA) is 93.4 Å². The number of halogens is 1. The number of benzene rings is 1. The first-order chi connectivity index (χ1) is 13.1. The standard InChI is InChI=1S/C18H17FN8/c1-11(16-20-7-12(19)8-21-16)23-18-24-14-6-4-3-5-13(14)17(26-18)25-15-9-27(2)10-22-15/h3-11H,1-2H3,(H2,23,24,25,26)/t11-/m1/s1. The molecule has 3 aromatic heterocycles. The third-order valence-corrected chi connectivity index (χ3v) is 3.93. The summed E-state index contributed by atoms with van der Waals surface area (Å²) in [7, 11) is 1.90. The Hall–Kier alpha value is -3.62. The van der Waals surface area contributed by atoms with Crippen LogP contribution < -0.4 is 10.6 Å². The van der Waals surface area contributed by atoms with Crippen molar-refractivity contribution in [3.8, 4) is 0 Å². The molecule has 1 atom stereocenters. The number of hydrogen-bond donors (Lipinski definition) is 2. The van der Waals surface area contributed by atoms with Gasteiger partial charge in [0.15, 0.2) is 5.82 Å². The number of aromatic nitrogens is 6. The molecule has 4 aromatic rings. The number of para-hydroxylation sites is 1. The van der Waals surface area contributed by atoms with E-state index in [4.69, 9.17) is 0 Å². The minimum Gasteiger partial charge on any atom is -0.344 e. The van der Waals surface area contributed by atoms with Crippen LogP contribution >= 0.6 is 0 Å². The monoisotopic (exact) mass is 364 g/mol. The summed E-state index contributed by atoms with van der Waals surface area (Å²) < 4.78 is 14.9. The molecule has 27 heavy (non-hydrogen) atoms. The molecule has 0 aliphatic heterocycles. The smallest absolute Gasteiger partial charge is 0.225 e. The van der Waals surface area contributed by atoms with E-state index in [-0.39, 0.29) is 6.04 Å². The Morgan fingerprint density at radius 1 is 1.07 bits per heavy atom. The molecule has 3 heterocycles. The fraction of sp³-hybridized carbons (Fsp3) is 0.167. The molecule has 0 radical (unpaired) electrons. The Labute approximate surface area is 154 Å². The van der Waals surface area contributed by atoms with Gasteiger partial charge < -0.3 is 15.2 Å². The van der Waals surface area contributed by atoms with Crippen molar-refractivity contribution in [2.75, 3.05) is 10.6 Å². The van der Waals surface area contributed by atoms with E-state index in [1.807, 2.05) is 49.0 Å². The van der Waals surface area contributed by atoms with E-state index in [9.17, 15) is 4.39 Å². The van der Waals surface area contributed by atoms with Crippen molar-refractivity contribution in [2.45, 2.75) is 13.0 Å². The SMILES string of the molecule is C[C@@H](Nc1nc(Nc2cn(C)cn2)c2ccccc2n1)c1ncc(F)cn1. The van der Waals surface area contributed by atoms with Crippen molar-refractivity contribution in [2.24, 2.45) is 7.05 Å². The van der Waals surface area contributed by atoms with E-state index in [1.54, 1.807) is 6.33 Å².